The maximum atomic E-state index is 11.5. The fourth-order valence-corrected chi connectivity index (χ4v) is 0.520. The molecule has 0 aromatic heterocycles. The third kappa shape index (κ3) is 6.00. The minimum absolute atomic E-state index is 0. The molecule has 0 rings (SSSR count). The second kappa shape index (κ2) is 6.30. The second-order valence-corrected chi connectivity index (χ2v) is 1.81. The lowest BCUT2D eigenvalue weighted by Gasteiger charge is -2.08. The Morgan fingerprint density at radius 3 is 2.18 bits per heavy atom. The third-order valence-corrected chi connectivity index (χ3v) is 1.06. The second-order valence-electron chi connectivity index (χ2n) is 1.81. The topological polar surface area (TPSA) is 49.3 Å². The molecule has 0 fully saturated rings. The maximum Gasteiger partial charge on any atom is 0.320 e. The quantitative estimate of drug-likeness (QED) is 0.686. The van der Waals surface area contributed by atoms with Gasteiger partial charge < -0.3 is 10.4 Å². The summed E-state index contributed by atoms with van der Waals surface area (Å²) in [6, 6.07) is -1.14. The lowest BCUT2D eigenvalue weighted by Crippen LogP contribution is -2.35. The van der Waals surface area contributed by atoms with Crippen LogP contribution in [-0.4, -0.2) is 30.6 Å². The number of rotatable bonds is 4. The highest BCUT2D eigenvalue weighted by Crippen LogP contribution is 2.02. The van der Waals surface area contributed by atoms with Crippen LogP contribution in [-0.2, 0) is 4.79 Å². The number of carboxylic acid groups (broad SMARTS) is 1. The smallest absolute Gasteiger partial charge is 0.320 e. The van der Waals surface area contributed by atoms with Crippen molar-refractivity contribution >= 4 is 18.4 Å². The Morgan fingerprint density at radius 1 is 1.64 bits per heavy atom. The Hall–Kier alpha value is -0.420. The van der Waals surface area contributed by atoms with E-state index in [1.807, 2.05) is 0 Å². The number of halogens is 3. The summed E-state index contributed by atoms with van der Waals surface area (Å²) >= 11 is 0. The number of likely N-dealkylation sites (N-methyl/N-ethyl adjacent to an activating group) is 1. The summed E-state index contributed by atoms with van der Waals surface area (Å²) in [5.41, 5.74) is 0. The molecule has 6 heteroatoms. The summed E-state index contributed by atoms with van der Waals surface area (Å²) in [5.74, 6) is -1.25. The van der Waals surface area contributed by atoms with Crippen molar-refractivity contribution < 1.29 is 18.7 Å². The highest BCUT2D eigenvalue weighted by Gasteiger charge is 2.19. The van der Waals surface area contributed by atoms with Crippen molar-refractivity contribution in [2.24, 2.45) is 0 Å². The summed E-state index contributed by atoms with van der Waals surface area (Å²) in [4.78, 5) is 10.1. The first-order valence-electron chi connectivity index (χ1n) is 2.76. The van der Waals surface area contributed by atoms with Crippen LogP contribution >= 0.6 is 12.4 Å². The van der Waals surface area contributed by atoms with Gasteiger partial charge in [-0.3, -0.25) is 4.79 Å². The molecule has 0 aliphatic heterocycles. The largest absolute Gasteiger partial charge is 0.480 e. The van der Waals surface area contributed by atoms with Crippen LogP contribution < -0.4 is 5.32 Å². The maximum absolute atomic E-state index is 11.5. The van der Waals surface area contributed by atoms with E-state index in [1.54, 1.807) is 0 Å². The Morgan fingerprint density at radius 2 is 2.09 bits per heavy atom. The zero-order chi connectivity index (χ0) is 8.15. The SMILES string of the molecule is CNC(CC(F)F)C(=O)O.Cl. The van der Waals surface area contributed by atoms with E-state index in [-0.39, 0.29) is 12.4 Å². The Bertz CT molecular complexity index is 123. The van der Waals surface area contributed by atoms with Gasteiger partial charge >= 0.3 is 5.97 Å². The molecule has 0 aliphatic carbocycles. The first-order valence-corrected chi connectivity index (χ1v) is 2.76. The van der Waals surface area contributed by atoms with Gasteiger partial charge in [-0.1, -0.05) is 0 Å². The minimum Gasteiger partial charge on any atom is -0.480 e. The number of aliphatic carboxylic acids is 1. The monoisotopic (exact) mass is 189 g/mol. The van der Waals surface area contributed by atoms with Gasteiger partial charge in [0.25, 0.3) is 0 Å². The molecule has 0 saturated heterocycles. The van der Waals surface area contributed by atoms with Gasteiger partial charge in [0.2, 0.25) is 6.43 Å². The van der Waals surface area contributed by atoms with E-state index in [2.05, 4.69) is 5.32 Å². The van der Waals surface area contributed by atoms with Crippen molar-refractivity contribution in [1.82, 2.24) is 5.32 Å². The molecule has 68 valence electrons. The van der Waals surface area contributed by atoms with Gasteiger partial charge in [0.05, 0.1) is 0 Å². The molecule has 0 amide bonds. The van der Waals surface area contributed by atoms with Gasteiger partial charge in [-0.25, -0.2) is 8.78 Å². The summed E-state index contributed by atoms with van der Waals surface area (Å²) in [6.45, 7) is 0. The van der Waals surface area contributed by atoms with Crippen LogP contribution in [0.4, 0.5) is 8.78 Å². The molecule has 0 aromatic carbocycles. The van der Waals surface area contributed by atoms with Gasteiger partial charge in [-0.2, -0.15) is 0 Å². The molecule has 0 aliphatic rings. The van der Waals surface area contributed by atoms with Crippen LogP contribution in [0.5, 0.6) is 0 Å². The molecular weight excluding hydrogens is 180 g/mol. The molecular formula is C5H10ClF2NO2. The predicted octanol–water partition coefficient (Wildman–Crippen LogP) is 0.736. The summed E-state index contributed by atoms with van der Waals surface area (Å²) in [6.07, 6.45) is -3.22. The van der Waals surface area contributed by atoms with Gasteiger partial charge in [-0.05, 0) is 7.05 Å². The predicted molar refractivity (Wildman–Crippen MR) is 38.4 cm³/mol. The number of hydrogen-bond acceptors (Lipinski definition) is 2. The molecule has 1 unspecified atom stereocenters. The number of carboxylic acids is 1. The van der Waals surface area contributed by atoms with E-state index in [4.69, 9.17) is 5.11 Å². The highest BCUT2D eigenvalue weighted by atomic mass is 35.5. The van der Waals surface area contributed by atoms with Crippen molar-refractivity contribution in [1.29, 1.82) is 0 Å². The fourth-order valence-electron chi connectivity index (χ4n) is 0.520. The van der Waals surface area contributed by atoms with Crippen molar-refractivity contribution in [2.45, 2.75) is 18.9 Å². The van der Waals surface area contributed by atoms with E-state index >= 15 is 0 Å². The van der Waals surface area contributed by atoms with Crippen LogP contribution in [0.15, 0.2) is 0 Å². The van der Waals surface area contributed by atoms with Crippen LogP contribution in [0.1, 0.15) is 6.42 Å². The van der Waals surface area contributed by atoms with Crippen molar-refractivity contribution in [2.75, 3.05) is 7.05 Å². The Labute approximate surface area is 69.2 Å². The average molecular weight is 190 g/mol. The van der Waals surface area contributed by atoms with Crippen molar-refractivity contribution in [3.8, 4) is 0 Å². The molecule has 11 heavy (non-hydrogen) atoms. The molecule has 0 bridgehead atoms. The molecule has 0 spiro atoms. The van der Waals surface area contributed by atoms with Crippen molar-refractivity contribution in [3.63, 3.8) is 0 Å². The van der Waals surface area contributed by atoms with Crippen LogP contribution in [0.3, 0.4) is 0 Å². The van der Waals surface area contributed by atoms with Crippen molar-refractivity contribution in [3.05, 3.63) is 0 Å². The zero-order valence-electron chi connectivity index (χ0n) is 5.88. The van der Waals surface area contributed by atoms with Crippen LogP contribution in [0, 0.1) is 0 Å². The molecule has 0 radical (unpaired) electrons. The number of alkyl halides is 2. The van der Waals surface area contributed by atoms with Gasteiger partial charge in [0.1, 0.15) is 6.04 Å². The molecule has 2 N–H and O–H groups in total. The van der Waals surface area contributed by atoms with E-state index in [0.717, 1.165) is 0 Å². The standard InChI is InChI=1S/C5H9F2NO2.ClH/c1-8-3(5(9)10)2-4(6)7;/h3-4,8H,2H2,1H3,(H,9,10);1H. The molecule has 0 aromatic rings. The van der Waals surface area contributed by atoms with Crippen LogP contribution in [0.25, 0.3) is 0 Å². The molecule has 1 atom stereocenters. The lowest BCUT2D eigenvalue weighted by atomic mass is 10.2. The minimum atomic E-state index is -2.58. The molecule has 0 saturated carbocycles. The van der Waals surface area contributed by atoms with Gasteiger partial charge in [0, 0.05) is 6.42 Å². The average Bonchev–Trinajstić information content (AvgIpc) is 1.81. The lowest BCUT2D eigenvalue weighted by molar-refractivity contribution is -0.140. The normalized spacial score (nSPS) is 12.4. The third-order valence-electron chi connectivity index (χ3n) is 1.06. The number of nitrogens with one attached hydrogen (secondary N) is 1. The summed E-state index contributed by atoms with van der Waals surface area (Å²) in [7, 11) is 1.33. The number of hydrogen-bond donors (Lipinski definition) is 2. The fraction of sp³-hybridized carbons (Fsp3) is 0.800. The zero-order valence-corrected chi connectivity index (χ0v) is 6.70. The molecule has 0 heterocycles. The van der Waals surface area contributed by atoms with E-state index in [9.17, 15) is 13.6 Å². The van der Waals surface area contributed by atoms with E-state index < -0.39 is 24.9 Å². The first-order chi connectivity index (χ1) is 4.57. The highest BCUT2D eigenvalue weighted by molar-refractivity contribution is 5.85. The van der Waals surface area contributed by atoms with E-state index in [0.29, 0.717) is 0 Å². The number of carbonyl (C=O) groups is 1. The van der Waals surface area contributed by atoms with E-state index in [1.165, 1.54) is 7.05 Å². The Balaban J connectivity index is 0. The van der Waals surface area contributed by atoms with Gasteiger partial charge in [-0.15, -0.1) is 12.4 Å². The first kappa shape index (κ1) is 13.2. The van der Waals surface area contributed by atoms with Gasteiger partial charge in [0.15, 0.2) is 0 Å². The molecule has 3 nitrogen and oxygen atoms in total. The van der Waals surface area contributed by atoms with Crippen LogP contribution in [0.2, 0.25) is 0 Å². The summed E-state index contributed by atoms with van der Waals surface area (Å²) < 4.78 is 23.1. The summed E-state index contributed by atoms with van der Waals surface area (Å²) in [5, 5.41) is 10.5. The Kier molecular flexibility index (Phi) is 7.55.